The van der Waals surface area contributed by atoms with Gasteiger partial charge in [0.2, 0.25) is 5.01 Å². The molecule has 1 aliphatic rings. The molecular weight excluding hydrogens is 417 g/mol. The van der Waals surface area contributed by atoms with Crippen LogP contribution in [-0.2, 0) is 0 Å². The first-order chi connectivity index (χ1) is 15.0. The number of hydrogen-bond donors (Lipinski definition) is 2. The Bertz CT molecular complexity index is 1070. The summed E-state index contributed by atoms with van der Waals surface area (Å²) in [6.07, 6.45) is 1.73. The van der Waals surface area contributed by atoms with Gasteiger partial charge in [0.25, 0.3) is 5.91 Å². The van der Waals surface area contributed by atoms with E-state index in [9.17, 15) is 14.0 Å². The van der Waals surface area contributed by atoms with E-state index < -0.39 is 0 Å². The minimum atomic E-state index is -0.389. The minimum absolute atomic E-state index is 0.0300. The van der Waals surface area contributed by atoms with Crippen LogP contribution in [-0.4, -0.2) is 40.1 Å². The number of benzene rings is 2. The number of carbonyl (C=O) groups excluding carboxylic acids is 2. The van der Waals surface area contributed by atoms with Gasteiger partial charge in [0.15, 0.2) is 0 Å². The molecule has 160 valence electrons. The monoisotopic (exact) mass is 439 g/mol. The number of nitrogens with zero attached hydrogens (tertiary/aromatic N) is 3. The minimum Gasteiger partial charge on any atom is -0.324 e. The molecule has 31 heavy (non-hydrogen) atoms. The van der Waals surface area contributed by atoms with Crippen LogP contribution in [0.25, 0.3) is 0 Å². The highest BCUT2D eigenvalue weighted by atomic mass is 32.1. The molecule has 1 saturated heterocycles. The Morgan fingerprint density at radius 2 is 1.71 bits per heavy atom. The quantitative estimate of drug-likeness (QED) is 0.620. The molecule has 0 saturated carbocycles. The molecule has 2 N–H and O–H groups in total. The van der Waals surface area contributed by atoms with Gasteiger partial charge < -0.3 is 15.5 Å². The number of piperidine rings is 1. The number of aromatic nitrogens is 2. The van der Waals surface area contributed by atoms with E-state index in [1.54, 1.807) is 4.90 Å². The lowest BCUT2D eigenvalue weighted by Crippen LogP contribution is -2.41. The molecular formula is C22H22FN5O2S. The molecule has 1 unspecified atom stereocenters. The van der Waals surface area contributed by atoms with Gasteiger partial charge in [-0.3, -0.25) is 4.79 Å². The molecule has 3 amide bonds. The predicted molar refractivity (Wildman–Crippen MR) is 118 cm³/mol. The number of amides is 3. The normalized spacial score (nSPS) is 16.1. The summed E-state index contributed by atoms with van der Waals surface area (Å²) >= 11 is 1.22. The standard InChI is InChI=1S/C22H22FN5O2S/c1-14-4-8-18(9-5-14)25-22(30)28-12-2-3-15(13-28)20-26-27-21(31-20)19(29)24-17-10-6-16(23)7-11-17/h4-11,15H,2-3,12-13H2,1H3,(H,24,29)(H,25,30). The van der Waals surface area contributed by atoms with Crippen LogP contribution >= 0.6 is 11.3 Å². The van der Waals surface area contributed by atoms with Crippen molar-refractivity contribution in [3.63, 3.8) is 0 Å². The Morgan fingerprint density at radius 1 is 1.03 bits per heavy atom. The molecule has 1 aromatic heterocycles. The van der Waals surface area contributed by atoms with E-state index in [2.05, 4.69) is 20.8 Å². The van der Waals surface area contributed by atoms with Crippen molar-refractivity contribution in [2.75, 3.05) is 23.7 Å². The molecule has 0 aliphatic carbocycles. The molecule has 0 radical (unpaired) electrons. The summed E-state index contributed by atoms with van der Waals surface area (Å²) in [6.45, 7) is 3.19. The number of urea groups is 1. The molecule has 4 rings (SSSR count). The van der Waals surface area contributed by atoms with E-state index in [-0.39, 0.29) is 28.7 Å². The van der Waals surface area contributed by atoms with Gasteiger partial charge in [0, 0.05) is 30.4 Å². The Kier molecular flexibility index (Phi) is 6.22. The first kappa shape index (κ1) is 20.9. The van der Waals surface area contributed by atoms with Crippen molar-refractivity contribution in [3.05, 3.63) is 69.9 Å². The summed E-state index contributed by atoms with van der Waals surface area (Å²) in [7, 11) is 0. The van der Waals surface area contributed by atoms with Gasteiger partial charge in [0.1, 0.15) is 10.8 Å². The Hall–Kier alpha value is -3.33. The van der Waals surface area contributed by atoms with E-state index >= 15 is 0 Å². The SMILES string of the molecule is Cc1ccc(NC(=O)N2CCCC(c3nnc(C(=O)Nc4ccc(F)cc4)s3)C2)cc1. The molecule has 0 bridgehead atoms. The highest BCUT2D eigenvalue weighted by molar-refractivity contribution is 7.13. The number of hydrogen-bond acceptors (Lipinski definition) is 5. The first-order valence-corrected chi connectivity index (χ1v) is 10.8. The largest absolute Gasteiger partial charge is 0.324 e. The van der Waals surface area contributed by atoms with E-state index in [1.807, 2.05) is 31.2 Å². The smallest absolute Gasteiger partial charge is 0.321 e. The fourth-order valence-electron chi connectivity index (χ4n) is 3.41. The van der Waals surface area contributed by atoms with Crippen molar-refractivity contribution >= 4 is 34.6 Å². The molecule has 1 atom stereocenters. The number of likely N-dealkylation sites (tertiary alicyclic amines) is 1. The molecule has 3 aromatic rings. The van der Waals surface area contributed by atoms with Crippen LogP contribution in [0.15, 0.2) is 48.5 Å². The third-order valence-electron chi connectivity index (χ3n) is 5.10. The average Bonchev–Trinajstić information content (AvgIpc) is 3.28. The Labute approximate surface area is 183 Å². The van der Waals surface area contributed by atoms with Crippen LogP contribution in [0.1, 0.15) is 39.1 Å². The van der Waals surface area contributed by atoms with Gasteiger partial charge in [-0.15, -0.1) is 10.2 Å². The number of carbonyl (C=O) groups is 2. The summed E-state index contributed by atoms with van der Waals surface area (Å²) in [5.74, 6) is -0.730. The van der Waals surface area contributed by atoms with Crippen molar-refractivity contribution in [1.29, 1.82) is 0 Å². The molecule has 1 fully saturated rings. The zero-order chi connectivity index (χ0) is 21.8. The van der Waals surface area contributed by atoms with Crippen molar-refractivity contribution in [2.24, 2.45) is 0 Å². The number of nitrogens with one attached hydrogen (secondary N) is 2. The van der Waals surface area contributed by atoms with Gasteiger partial charge in [-0.2, -0.15) is 0 Å². The maximum absolute atomic E-state index is 13.0. The molecule has 7 nitrogen and oxygen atoms in total. The molecule has 0 spiro atoms. The lowest BCUT2D eigenvalue weighted by atomic mass is 9.99. The summed E-state index contributed by atoms with van der Waals surface area (Å²) in [6, 6.07) is 13.0. The highest BCUT2D eigenvalue weighted by Crippen LogP contribution is 2.29. The second-order valence-electron chi connectivity index (χ2n) is 7.49. The maximum atomic E-state index is 13.0. The van der Waals surface area contributed by atoms with Gasteiger partial charge in [-0.25, -0.2) is 9.18 Å². The van der Waals surface area contributed by atoms with Crippen LogP contribution in [0.4, 0.5) is 20.6 Å². The van der Waals surface area contributed by atoms with E-state index in [4.69, 9.17) is 0 Å². The van der Waals surface area contributed by atoms with Crippen LogP contribution in [0, 0.1) is 12.7 Å². The zero-order valence-electron chi connectivity index (χ0n) is 17.0. The summed E-state index contributed by atoms with van der Waals surface area (Å²) in [4.78, 5) is 26.9. The maximum Gasteiger partial charge on any atom is 0.321 e. The average molecular weight is 440 g/mol. The van der Waals surface area contributed by atoms with Crippen molar-refractivity contribution in [1.82, 2.24) is 15.1 Å². The van der Waals surface area contributed by atoms with Crippen LogP contribution in [0.2, 0.25) is 0 Å². The third kappa shape index (κ3) is 5.24. The third-order valence-corrected chi connectivity index (χ3v) is 6.18. The molecule has 2 heterocycles. The lowest BCUT2D eigenvalue weighted by molar-refractivity contribution is 0.102. The van der Waals surface area contributed by atoms with Crippen LogP contribution < -0.4 is 10.6 Å². The van der Waals surface area contributed by atoms with Crippen molar-refractivity contribution < 1.29 is 14.0 Å². The highest BCUT2D eigenvalue weighted by Gasteiger charge is 2.28. The van der Waals surface area contributed by atoms with Crippen molar-refractivity contribution in [3.8, 4) is 0 Å². The zero-order valence-corrected chi connectivity index (χ0v) is 17.8. The molecule has 1 aliphatic heterocycles. The summed E-state index contributed by atoms with van der Waals surface area (Å²) in [5.41, 5.74) is 2.37. The number of anilines is 2. The summed E-state index contributed by atoms with van der Waals surface area (Å²) < 4.78 is 13.0. The summed E-state index contributed by atoms with van der Waals surface area (Å²) in [5, 5.41) is 14.8. The van der Waals surface area contributed by atoms with Crippen molar-refractivity contribution in [2.45, 2.75) is 25.7 Å². The second kappa shape index (κ2) is 9.22. The van der Waals surface area contributed by atoms with Gasteiger partial charge in [-0.1, -0.05) is 29.0 Å². The lowest BCUT2D eigenvalue weighted by Gasteiger charge is -2.31. The topological polar surface area (TPSA) is 87.2 Å². The first-order valence-electron chi connectivity index (χ1n) is 10.0. The van der Waals surface area contributed by atoms with E-state index in [0.29, 0.717) is 18.8 Å². The molecule has 2 aromatic carbocycles. The Balaban J connectivity index is 1.37. The van der Waals surface area contributed by atoms with Crippen LogP contribution in [0.5, 0.6) is 0 Å². The fourth-order valence-corrected chi connectivity index (χ4v) is 4.28. The predicted octanol–water partition coefficient (Wildman–Crippen LogP) is 4.65. The molecule has 9 heteroatoms. The van der Waals surface area contributed by atoms with Gasteiger partial charge in [-0.05, 0) is 56.2 Å². The Morgan fingerprint density at radius 3 is 2.45 bits per heavy atom. The number of rotatable bonds is 4. The van der Waals surface area contributed by atoms with E-state index in [1.165, 1.54) is 35.6 Å². The fraction of sp³-hybridized carbons (Fsp3) is 0.273. The van der Waals surface area contributed by atoms with Gasteiger partial charge >= 0.3 is 6.03 Å². The number of aryl methyl sites for hydroxylation is 1. The second-order valence-corrected chi connectivity index (χ2v) is 8.50. The number of halogens is 1. The van der Waals surface area contributed by atoms with E-state index in [0.717, 1.165) is 29.1 Å². The van der Waals surface area contributed by atoms with Crippen LogP contribution in [0.3, 0.4) is 0 Å². The van der Waals surface area contributed by atoms with Gasteiger partial charge in [0.05, 0.1) is 0 Å².